The summed E-state index contributed by atoms with van der Waals surface area (Å²) in [6.07, 6.45) is 0.849. The highest BCUT2D eigenvalue weighted by Gasteiger charge is 2.20. The third kappa shape index (κ3) is 3.61. The van der Waals surface area contributed by atoms with E-state index in [0.29, 0.717) is 11.4 Å². The van der Waals surface area contributed by atoms with E-state index in [2.05, 4.69) is 5.32 Å². The van der Waals surface area contributed by atoms with E-state index in [1.54, 1.807) is 12.1 Å². The molecule has 0 saturated carbocycles. The van der Waals surface area contributed by atoms with Gasteiger partial charge in [0.25, 0.3) is 0 Å². The zero-order valence-corrected chi connectivity index (χ0v) is 11.1. The number of hydrogen-bond donors (Lipinski definition) is 3. The maximum atomic E-state index is 11.5. The first kappa shape index (κ1) is 13.8. The monoisotopic (exact) mass is 257 g/mol. The fourth-order valence-corrected chi connectivity index (χ4v) is 2.06. The van der Waals surface area contributed by atoms with E-state index in [4.69, 9.17) is 10.9 Å². The summed E-state index contributed by atoms with van der Waals surface area (Å²) >= 11 is 0. The van der Waals surface area contributed by atoms with Crippen LogP contribution in [0.5, 0.6) is 0 Å². The van der Waals surface area contributed by atoms with Crippen molar-refractivity contribution in [2.24, 2.45) is 5.14 Å². The van der Waals surface area contributed by atoms with Gasteiger partial charge in [-0.3, -0.25) is 0 Å². The lowest BCUT2D eigenvalue weighted by Gasteiger charge is -2.27. The van der Waals surface area contributed by atoms with Gasteiger partial charge in [0.2, 0.25) is 10.0 Å². The molecule has 0 amide bonds. The first-order valence-corrected chi connectivity index (χ1v) is 6.91. The zero-order chi connectivity index (χ0) is 13.3. The first-order valence-electron chi connectivity index (χ1n) is 5.36. The Morgan fingerprint density at radius 1 is 1.35 bits per heavy atom. The molecule has 1 aromatic carbocycles. The Kier molecular flexibility index (Phi) is 3.68. The standard InChI is InChI=1S/C11H19N3O2S/c1-4-11(2,3)14-9-6-5-8(12)7-10(9)17(13,15)16/h5-7,14H,4,12H2,1-3H3,(H2,13,15,16). The highest BCUT2D eigenvalue weighted by atomic mass is 32.2. The van der Waals surface area contributed by atoms with Gasteiger partial charge in [-0.25, -0.2) is 13.6 Å². The summed E-state index contributed by atoms with van der Waals surface area (Å²) in [4.78, 5) is 0.0269. The molecule has 17 heavy (non-hydrogen) atoms. The third-order valence-electron chi connectivity index (χ3n) is 2.67. The maximum Gasteiger partial charge on any atom is 0.240 e. The maximum absolute atomic E-state index is 11.5. The van der Waals surface area contributed by atoms with E-state index in [1.165, 1.54) is 6.07 Å². The van der Waals surface area contributed by atoms with Crippen LogP contribution in [0.2, 0.25) is 0 Å². The van der Waals surface area contributed by atoms with E-state index in [0.717, 1.165) is 6.42 Å². The largest absolute Gasteiger partial charge is 0.399 e. The smallest absolute Gasteiger partial charge is 0.240 e. The van der Waals surface area contributed by atoms with Gasteiger partial charge < -0.3 is 11.1 Å². The number of sulfonamides is 1. The molecule has 0 aliphatic rings. The van der Waals surface area contributed by atoms with E-state index >= 15 is 0 Å². The number of hydrogen-bond acceptors (Lipinski definition) is 4. The fraction of sp³-hybridized carbons (Fsp3) is 0.455. The Bertz CT molecular complexity index is 509. The van der Waals surface area contributed by atoms with Crippen molar-refractivity contribution in [3.05, 3.63) is 18.2 Å². The summed E-state index contributed by atoms with van der Waals surface area (Å²) in [6, 6.07) is 4.64. The van der Waals surface area contributed by atoms with E-state index in [-0.39, 0.29) is 10.4 Å². The third-order valence-corrected chi connectivity index (χ3v) is 3.62. The summed E-state index contributed by atoms with van der Waals surface area (Å²) in [5.41, 5.74) is 6.21. The summed E-state index contributed by atoms with van der Waals surface area (Å²) in [7, 11) is -3.78. The molecule has 0 spiro atoms. The van der Waals surface area contributed by atoms with Crippen LogP contribution in [0.15, 0.2) is 23.1 Å². The van der Waals surface area contributed by atoms with Gasteiger partial charge >= 0.3 is 0 Å². The van der Waals surface area contributed by atoms with Crippen LogP contribution in [-0.4, -0.2) is 14.0 Å². The summed E-state index contributed by atoms with van der Waals surface area (Å²) < 4.78 is 22.9. The minimum atomic E-state index is -3.78. The molecular weight excluding hydrogens is 238 g/mol. The lowest BCUT2D eigenvalue weighted by Crippen LogP contribution is -2.31. The number of nitrogens with one attached hydrogen (secondary N) is 1. The van der Waals surface area contributed by atoms with Crippen molar-refractivity contribution in [1.82, 2.24) is 0 Å². The molecule has 0 bridgehead atoms. The van der Waals surface area contributed by atoms with Gasteiger partial charge in [-0.05, 0) is 38.5 Å². The average molecular weight is 257 g/mol. The molecule has 0 unspecified atom stereocenters. The molecule has 0 aliphatic heterocycles. The van der Waals surface area contributed by atoms with Crippen molar-refractivity contribution in [3.63, 3.8) is 0 Å². The molecule has 6 heteroatoms. The Morgan fingerprint density at radius 3 is 2.41 bits per heavy atom. The second kappa shape index (κ2) is 4.54. The fourth-order valence-electron chi connectivity index (χ4n) is 1.33. The summed E-state index contributed by atoms with van der Waals surface area (Å²) in [5, 5.41) is 8.32. The Labute approximate surface area is 102 Å². The van der Waals surface area contributed by atoms with Gasteiger partial charge in [0.1, 0.15) is 4.90 Å². The Balaban J connectivity index is 3.26. The van der Waals surface area contributed by atoms with Crippen LogP contribution >= 0.6 is 0 Å². The van der Waals surface area contributed by atoms with Crippen LogP contribution in [0.3, 0.4) is 0 Å². The van der Waals surface area contributed by atoms with Crippen LogP contribution in [0, 0.1) is 0 Å². The summed E-state index contributed by atoms with van der Waals surface area (Å²) in [6.45, 7) is 5.98. The topological polar surface area (TPSA) is 98.2 Å². The molecule has 0 fully saturated rings. The molecule has 0 aliphatic carbocycles. The number of nitrogens with two attached hydrogens (primary N) is 2. The number of rotatable bonds is 4. The van der Waals surface area contributed by atoms with Gasteiger partial charge in [-0.2, -0.15) is 0 Å². The summed E-state index contributed by atoms with van der Waals surface area (Å²) in [5.74, 6) is 0. The van der Waals surface area contributed by atoms with Gasteiger partial charge in [0, 0.05) is 11.2 Å². The van der Waals surface area contributed by atoms with Gasteiger partial charge in [0.15, 0.2) is 0 Å². The molecule has 1 aromatic rings. The van der Waals surface area contributed by atoms with Crippen molar-refractivity contribution >= 4 is 21.4 Å². The molecule has 5 nitrogen and oxygen atoms in total. The van der Waals surface area contributed by atoms with Crippen molar-refractivity contribution in [1.29, 1.82) is 0 Å². The molecule has 1 rings (SSSR count). The molecule has 96 valence electrons. The molecular formula is C11H19N3O2S. The normalized spacial score (nSPS) is 12.5. The number of benzene rings is 1. The average Bonchev–Trinajstić information content (AvgIpc) is 2.19. The quantitative estimate of drug-likeness (QED) is 0.712. The van der Waals surface area contributed by atoms with Gasteiger partial charge in [-0.15, -0.1) is 0 Å². The molecule has 0 heterocycles. The van der Waals surface area contributed by atoms with E-state index in [9.17, 15) is 8.42 Å². The SMILES string of the molecule is CCC(C)(C)Nc1ccc(N)cc1S(N)(=O)=O. The molecule has 0 radical (unpaired) electrons. The number of primary sulfonamides is 1. The minimum Gasteiger partial charge on any atom is -0.399 e. The predicted molar refractivity (Wildman–Crippen MR) is 70.2 cm³/mol. The molecule has 0 aromatic heterocycles. The lowest BCUT2D eigenvalue weighted by atomic mass is 10.0. The zero-order valence-electron chi connectivity index (χ0n) is 10.3. The first-order chi connectivity index (χ1) is 7.65. The van der Waals surface area contributed by atoms with E-state index < -0.39 is 10.0 Å². The highest BCUT2D eigenvalue weighted by Crippen LogP contribution is 2.26. The van der Waals surface area contributed by atoms with Crippen LogP contribution in [-0.2, 0) is 10.0 Å². The second-order valence-electron chi connectivity index (χ2n) is 4.66. The molecule has 0 atom stereocenters. The van der Waals surface area contributed by atoms with Gasteiger partial charge in [-0.1, -0.05) is 6.92 Å². The Hall–Kier alpha value is -1.27. The molecule has 5 N–H and O–H groups in total. The highest BCUT2D eigenvalue weighted by molar-refractivity contribution is 7.89. The second-order valence-corrected chi connectivity index (χ2v) is 6.19. The minimum absolute atomic E-state index is 0.0269. The van der Waals surface area contributed by atoms with Crippen molar-refractivity contribution in [2.75, 3.05) is 11.1 Å². The lowest BCUT2D eigenvalue weighted by molar-refractivity contribution is 0.545. The number of nitrogen functional groups attached to an aromatic ring is 1. The van der Waals surface area contributed by atoms with Crippen molar-refractivity contribution < 1.29 is 8.42 Å². The van der Waals surface area contributed by atoms with E-state index in [1.807, 2.05) is 20.8 Å². The Morgan fingerprint density at radius 2 is 1.94 bits per heavy atom. The van der Waals surface area contributed by atoms with Crippen LogP contribution in [0.4, 0.5) is 11.4 Å². The molecule has 0 saturated heterocycles. The van der Waals surface area contributed by atoms with Crippen LogP contribution in [0.1, 0.15) is 27.2 Å². The van der Waals surface area contributed by atoms with Crippen molar-refractivity contribution in [3.8, 4) is 0 Å². The predicted octanol–water partition coefficient (Wildman–Crippen LogP) is 1.52. The van der Waals surface area contributed by atoms with Crippen molar-refractivity contribution in [2.45, 2.75) is 37.6 Å². The van der Waals surface area contributed by atoms with Crippen LogP contribution < -0.4 is 16.2 Å². The van der Waals surface area contributed by atoms with Gasteiger partial charge in [0.05, 0.1) is 5.69 Å². The van der Waals surface area contributed by atoms with Crippen LogP contribution in [0.25, 0.3) is 0 Å². The number of anilines is 2.